The molecular formula is C44H85N2O6P. The zero-order valence-corrected chi connectivity index (χ0v) is 36.1. The zero-order chi connectivity index (χ0) is 39.3. The largest absolute Gasteiger partial charge is 0.756 e. The van der Waals surface area contributed by atoms with E-state index >= 15 is 0 Å². The zero-order valence-electron chi connectivity index (χ0n) is 35.2. The molecule has 0 aliphatic carbocycles. The van der Waals surface area contributed by atoms with Gasteiger partial charge in [-0.25, -0.2) is 0 Å². The van der Waals surface area contributed by atoms with E-state index in [1.165, 1.54) is 103 Å². The first-order valence-corrected chi connectivity index (χ1v) is 23.3. The van der Waals surface area contributed by atoms with Gasteiger partial charge in [-0.3, -0.25) is 9.36 Å². The lowest BCUT2D eigenvalue weighted by molar-refractivity contribution is -0.870. The maximum absolute atomic E-state index is 12.8. The molecule has 0 heterocycles. The number of aliphatic hydroxyl groups excluding tert-OH is 1. The molecule has 3 atom stereocenters. The predicted octanol–water partition coefficient (Wildman–Crippen LogP) is 11.3. The average Bonchev–Trinajstić information content (AvgIpc) is 3.10. The minimum absolute atomic E-state index is 0.00420. The number of aliphatic hydroxyl groups is 1. The van der Waals surface area contributed by atoms with E-state index in [1.807, 2.05) is 27.2 Å². The Hall–Kier alpha value is -1.28. The Morgan fingerprint density at radius 2 is 1.09 bits per heavy atom. The van der Waals surface area contributed by atoms with Crippen molar-refractivity contribution in [3.63, 3.8) is 0 Å². The Morgan fingerprint density at radius 3 is 1.58 bits per heavy atom. The van der Waals surface area contributed by atoms with Crippen molar-refractivity contribution in [2.75, 3.05) is 40.9 Å². The number of carbonyl (C=O) groups is 1. The molecule has 0 aliphatic rings. The summed E-state index contributed by atoms with van der Waals surface area (Å²) in [4.78, 5) is 25.3. The Labute approximate surface area is 327 Å². The van der Waals surface area contributed by atoms with Crippen molar-refractivity contribution in [3.05, 3.63) is 36.5 Å². The fourth-order valence-electron chi connectivity index (χ4n) is 6.06. The van der Waals surface area contributed by atoms with Gasteiger partial charge < -0.3 is 28.8 Å². The Kier molecular flexibility index (Phi) is 35.5. The van der Waals surface area contributed by atoms with Crippen LogP contribution in [0.2, 0.25) is 0 Å². The van der Waals surface area contributed by atoms with Crippen molar-refractivity contribution in [1.29, 1.82) is 0 Å². The van der Waals surface area contributed by atoms with Crippen LogP contribution >= 0.6 is 7.82 Å². The smallest absolute Gasteiger partial charge is 0.268 e. The van der Waals surface area contributed by atoms with E-state index in [9.17, 15) is 19.4 Å². The summed E-state index contributed by atoms with van der Waals surface area (Å²) in [5, 5.41) is 13.8. The molecule has 0 aromatic carbocycles. The number of hydrogen-bond donors (Lipinski definition) is 2. The highest BCUT2D eigenvalue weighted by molar-refractivity contribution is 7.45. The van der Waals surface area contributed by atoms with Crippen LogP contribution in [0.4, 0.5) is 0 Å². The average molecular weight is 769 g/mol. The van der Waals surface area contributed by atoms with Gasteiger partial charge in [-0.1, -0.05) is 166 Å². The summed E-state index contributed by atoms with van der Waals surface area (Å²) in [6.07, 6.45) is 43.2. The summed E-state index contributed by atoms with van der Waals surface area (Å²) in [5.41, 5.74) is 0. The predicted molar refractivity (Wildman–Crippen MR) is 224 cm³/mol. The Morgan fingerprint density at radius 1 is 0.660 bits per heavy atom. The monoisotopic (exact) mass is 769 g/mol. The van der Waals surface area contributed by atoms with E-state index in [1.54, 1.807) is 6.08 Å². The first kappa shape index (κ1) is 51.7. The summed E-state index contributed by atoms with van der Waals surface area (Å²) >= 11 is 0. The molecule has 0 saturated carbocycles. The lowest BCUT2D eigenvalue weighted by Crippen LogP contribution is -2.45. The number of nitrogens with one attached hydrogen (secondary N) is 1. The number of unbranched alkanes of at least 4 members (excludes halogenated alkanes) is 22. The van der Waals surface area contributed by atoms with Crippen LogP contribution in [0.15, 0.2) is 36.5 Å². The molecule has 0 rings (SSSR count). The van der Waals surface area contributed by atoms with Gasteiger partial charge in [0.2, 0.25) is 5.91 Å². The number of amides is 1. The summed E-state index contributed by atoms with van der Waals surface area (Å²) in [6, 6.07) is -0.891. The van der Waals surface area contributed by atoms with Crippen LogP contribution in [-0.4, -0.2) is 68.5 Å². The molecular weight excluding hydrogens is 683 g/mol. The fraction of sp³-hybridized carbons (Fsp3) is 0.841. The molecule has 0 fully saturated rings. The van der Waals surface area contributed by atoms with Crippen molar-refractivity contribution in [2.24, 2.45) is 0 Å². The molecule has 8 nitrogen and oxygen atoms in total. The summed E-state index contributed by atoms with van der Waals surface area (Å²) in [5.74, 6) is -0.212. The van der Waals surface area contributed by atoms with Gasteiger partial charge in [0.15, 0.2) is 0 Å². The van der Waals surface area contributed by atoms with Gasteiger partial charge in [0.25, 0.3) is 7.82 Å². The van der Waals surface area contributed by atoms with Crippen LogP contribution in [0.25, 0.3) is 0 Å². The molecule has 0 aromatic rings. The highest BCUT2D eigenvalue weighted by atomic mass is 31.2. The number of allylic oxidation sites excluding steroid dienone is 5. The first-order chi connectivity index (χ1) is 25.5. The maximum Gasteiger partial charge on any atom is 0.268 e. The molecule has 1 amide bonds. The number of phosphoric acid groups is 1. The van der Waals surface area contributed by atoms with Crippen molar-refractivity contribution in [2.45, 2.75) is 199 Å². The SMILES string of the molecule is CCCCCC/C=C\C/C=C\CCCCCCCC(=O)NC(COP(=O)([O-])OCC[N+](C)(C)C)C(O)/C=C/CCCCCCCCCCCCCCC. The topological polar surface area (TPSA) is 108 Å². The second kappa shape index (κ2) is 36.4. The molecule has 0 aromatic heterocycles. The van der Waals surface area contributed by atoms with Gasteiger partial charge in [-0.2, -0.15) is 0 Å². The normalized spacial score (nSPS) is 14.8. The van der Waals surface area contributed by atoms with E-state index in [2.05, 4.69) is 43.5 Å². The van der Waals surface area contributed by atoms with Crippen LogP contribution < -0.4 is 10.2 Å². The van der Waals surface area contributed by atoms with Crippen molar-refractivity contribution < 1.29 is 32.9 Å². The number of carbonyl (C=O) groups excluding carboxylic acids is 1. The van der Waals surface area contributed by atoms with Gasteiger partial charge in [-0.05, 0) is 51.4 Å². The molecule has 312 valence electrons. The number of phosphoric ester groups is 1. The fourth-order valence-corrected chi connectivity index (χ4v) is 6.79. The summed E-state index contributed by atoms with van der Waals surface area (Å²) < 4.78 is 23.2. The summed E-state index contributed by atoms with van der Waals surface area (Å²) in [6.45, 7) is 4.61. The van der Waals surface area contributed by atoms with E-state index in [4.69, 9.17) is 9.05 Å². The minimum Gasteiger partial charge on any atom is -0.756 e. The number of hydrogen-bond acceptors (Lipinski definition) is 6. The van der Waals surface area contributed by atoms with Crippen LogP contribution in [0.5, 0.6) is 0 Å². The molecule has 0 bridgehead atoms. The molecule has 53 heavy (non-hydrogen) atoms. The minimum atomic E-state index is -4.59. The Balaban J connectivity index is 4.48. The second-order valence-electron chi connectivity index (χ2n) is 16.0. The van der Waals surface area contributed by atoms with Crippen molar-refractivity contribution in [3.8, 4) is 0 Å². The summed E-state index contributed by atoms with van der Waals surface area (Å²) in [7, 11) is 1.25. The first-order valence-electron chi connectivity index (χ1n) is 21.9. The quantitative estimate of drug-likeness (QED) is 0.0279. The standard InChI is InChI=1S/C44H85N2O6P/c1-6-8-10-12-14-16-18-20-22-24-26-28-30-32-34-36-38-44(48)45-42(41-52-53(49,50)51-40-39-46(3,4)5)43(47)37-35-33-31-29-27-25-23-21-19-17-15-13-11-9-7-2/h16,18,22,24,35,37,42-43,47H,6-15,17,19-21,23,25-34,36,38-41H2,1-5H3,(H-,45,48,49,50)/b18-16-,24-22-,37-35+. The Bertz CT molecular complexity index is 964. The van der Waals surface area contributed by atoms with E-state index in [-0.39, 0.29) is 19.1 Å². The third-order valence-electron chi connectivity index (χ3n) is 9.59. The highest BCUT2D eigenvalue weighted by Crippen LogP contribution is 2.38. The molecule has 9 heteroatoms. The van der Waals surface area contributed by atoms with Crippen LogP contribution in [0, 0.1) is 0 Å². The molecule has 2 N–H and O–H groups in total. The van der Waals surface area contributed by atoms with Gasteiger partial charge >= 0.3 is 0 Å². The van der Waals surface area contributed by atoms with E-state index < -0.39 is 20.0 Å². The second-order valence-corrected chi connectivity index (χ2v) is 17.5. The number of rotatable bonds is 39. The van der Waals surface area contributed by atoms with Crippen LogP contribution in [-0.2, 0) is 18.4 Å². The van der Waals surface area contributed by atoms with Crippen LogP contribution in [0.1, 0.15) is 187 Å². The van der Waals surface area contributed by atoms with Crippen molar-refractivity contribution >= 4 is 13.7 Å². The van der Waals surface area contributed by atoms with Crippen LogP contribution in [0.3, 0.4) is 0 Å². The van der Waals surface area contributed by atoms with Gasteiger partial charge in [0, 0.05) is 6.42 Å². The van der Waals surface area contributed by atoms with Gasteiger partial charge in [-0.15, -0.1) is 0 Å². The number of likely N-dealkylation sites (N-methyl/N-ethyl adjacent to an activating group) is 1. The lowest BCUT2D eigenvalue weighted by Gasteiger charge is -2.29. The van der Waals surface area contributed by atoms with Gasteiger partial charge in [0.05, 0.1) is 39.9 Å². The number of quaternary nitrogens is 1. The van der Waals surface area contributed by atoms with E-state index in [0.717, 1.165) is 64.2 Å². The maximum atomic E-state index is 12.8. The molecule has 0 saturated heterocycles. The third-order valence-corrected chi connectivity index (χ3v) is 10.6. The molecule has 0 aliphatic heterocycles. The van der Waals surface area contributed by atoms with Gasteiger partial charge in [0.1, 0.15) is 13.2 Å². The van der Waals surface area contributed by atoms with E-state index in [0.29, 0.717) is 17.4 Å². The lowest BCUT2D eigenvalue weighted by atomic mass is 10.0. The third kappa shape index (κ3) is 38.8. The van der Waals surface area contributed by atoms with Crippen molar-refractivity contribution in [1.82, 2.24) is 5.32 Å². The molecule has 0 radical (unpaired) electrons. The molecule has 0 spiro atoms. The highest BCUT2D eigenvalue weighted by Gasteiger charge is 2.23. The number of nitrogens with zero attached hydrogens (tertiary/aromatic N) is 1. The molecule has 3 unspecified atom stereocenters.